The van der Waals surface area contributed by atoms with Gasteiger partial charge in [0.2, 0.25) is 0 Å². The van der Waals surface area contributed by atoms with Crippen LogP contribution in [-0.4, -0.2) is 30.6 Å². The van der Waals surface area contributed by atoms with Gasteiger partial charge in [-0.25, -0.2) is 4.98 Å². The van der Waals surface area contributed by atoms with Gasteiger partial charge in [-0.1, -0.05) is 11.6 Å². The summed E-state index contributed by atoms with van der Waals surface area (Å²) in [5, 5.41) is -0.0701. The molecule has 0 saturated carbocycles. The molecule has 8 heteroatoms. The predicted octanol–water partition coefficient (Wildman–Crippen LogP) is 3.53. The highest BCUT2D eigenvalue weighted by atomic mass is 35.5. The Kier molecular flexibility index (Phi) is 5.16. The Morgan fingerprint density at radius 3 is 2.86 bits per heavy atom. The molecule has 0 aromatic carbocycles. The maximum absolute atomic E-state index is 12.6. The van der Waals surface area contributed by atoms with Gasteiger partial charge < -0.3 is 9.64 Å². The molecule has 1 aromatic heterocycles. The van der Waals surface area contributed by atoms with Crippen LogP contribution in [0.4, 0.5) is 19.0 Å². The summed E-state index contributed by atoms with van der Waals surface area (Å²) in [5.74, 6) is -0.340. The van der Waals surface area contributed by atoms with Crippen LogP contribution < -0.4 is 4.90 Å². The van der Waals surface area contributed by atoms with E-state index in [9.17, 15) is 18.0 Å². The van der Waals surface area contributed by atoms with Crippen molar-refractivity contribution in [1.29, 1.82) is 0 Å². The first-order chi connectivity index (χ1) is 10.3. The zero-order valence-corrected chi connectivity index (χ0v) is 12.7. The number of hydrogen-bond donors (Lipinski definition) is 0. The smallest absolute Gasteiger partial charge is 0.417 e. The molecule has 0 aliphatic carbocycles. The molecule has 1 aliphatic heterocycles. The van der Waals surface area contributed by atoms with E-state index < -0.39 is 11.7 Å². The Labute approximate surface area is 131 Å². The second kappa shape index (κ2) is 6.73. The Morgan fingerprint density at radius 1 is 1.55 bits per heavy atom. The number of hydrogen-bond acceptors (Lipinski definition) is 4. The molecule has 1 aliphatic rings. The summed E-state index contributed by atoms with van der Waals surface area (Å²) in [6, 6.07) is 0.859. The lowest BCUT2D eigenvalue weighted by Gasteiger charge is -2.32. The van der Waals surface area contributed by atoms with Gasteiger partial charge in [0.15, 0.2) is 0 Å². The summed E-state index contributed by atoms with van der Waals surface area (Å²) in [7, 11) is 0. The molecule has 1 atom stereocenters. The molecule has 1 aromatic rings. The van der Waals surface area contributed by atoms with Crippen LogP contribution in [-0.2, 0) is 15.7 Å². The highest BCUT2D eigenvalue weighted by Gasteiger charge is 2.33. The highest BCUT2D eigenvalue weighted by Crippen LogP contribution is 2.34. The van der Waals surface area contributed by atoms with E-state index in [0.717, 1.165) is 18.7 Å². The summed E-state index contributed by atoms with van der Waals surface area (Å²) in [5.41, 5.74) is -0.889. The van der Waals surface area contributed by atoms with Gasteiger partial charge in [0.25, 0.3) is 0 Å². The van der Waals surface area contributed by atoms with Crippen molar-refractivity contribution in [2.45, 2.75) is 25.9 Å². The first-order valence-corrected chi connectivity index (χ1v) is 7.35. The maximum atomic E-state index is 12.6. The third kappa shape index (κ3) is 3.82. The molecule has 2 heterocycles. The van der Waals surface area contributed by atoms with Crippen LogP contribution in [0.5, 0.6) is 0 Å². The fourth-order valence-corrected chi connectivity index (χ4v) is 2.73. The minimum absolute atomic E-state index is 0.0701. The lowest BCUT2D eigenvalue weighted by atomic mass is 9.98. The lowest BCUT2D eigenvalue weighted by molar-refractivity contribution is -0.148. The van der Waals surface area contributed by atoms with Crippen LogP contribution in [0, 0.1) is 5.92 Å². The Morgan fingerprint density at radius 2 is 2.27 bits per heavy atom. The minimum atomic E-state index is -4.48. The van der Waals surface area contributed by atoms with Gasteiger partial charge in [-0.3, -0.25) is 4.79 Å². The van der Waals surface area contributed by atoms with Gasteiger partial charge in [0.05, 0.1) is 23.1 Å². The number of anilines is 1. The molecule has 0 amide bonds. The van der Waals surface area contributed by atoms with Crippen LogP contribution in [0.15, 0.2) is 12.3 Å². The number of carbonyl (C=O) groups is 1. The first-order valence-electron chi connectivity index (χ1n) is 6.97. The van der Waals surface area contributed by atoms with Crippen LogP contribution in [0.2, 0.25) is 5.02 Å². The number of carbonyl (C=O) groups excluding carboxylic acids is 1. The van der Waals surface area contributed by atoms with Crippen LogP contribution in [0.1, 0.15) is 25.3 Å². The van der Waals surface area contributed by atoms with Crippen molar-refractivity contribution < 1.29 is 22.7 Å². The molecule has 0 unspecified atom stereocenters. The molecule has 1 saturated heterocycles. The van der Waals surface area contributed by atoms with E-state index in [-0.39, 0.29) is 22.7 Å². The SMILES string of the molecule is CCOC(=O)[C@H]1CCCN(c2ncc(C(F)(F)F)cc2Cl)C1. The first kappa shape index (κ1) is 16.9. The van der Waals surface area contributed by atoms with Gasteiger partial charge in [-0.2, -0.15) is 13.2 Å². The number of alkyl halides is 3. The number of esters is 1. The Hall–Kier alpha value is -1.50. The molecular weight excluding hydrogens is 321 g/mol. The fraction of sp³-hybridized carbons (Fsp3) is 0.571. The van der Waals surface area contributed by atoms with Crippen molar-refractivity contribution in [3.05, 3.63) is 22.8 Å². The zero-order valence-electron chi connectivity index (χ0n) is 12.0. The number of halogens is 4. The van der Waals surface area contributed by atoms with Crippen molar-refractivity contribution in [2.75, 3.05) is 24.6 Å². The zero-order chi connectivity index (χ0) is 16.3. The number of pyridine rings is 1. The van der Waals surface area contributed by atoms with Crippen molar-refractivity contribution >= 4 is 23.4 Å². The molecule has 22 heavy (non-hydrogen) atoms. The number of ether oxygens (including phenoxy) is 1. The largest absolute Gasteiger partial charge is 0.466 e. The van der Waals surface area contributed by atoms with Gasteiger partial charge in [-0.15, -0.1) is 0 Å². The highest BCUT2D eigenvalue weighted by molar-refractivity contribution is 6.33. The van der Waals surface area contributed by atoms with E-state index in [2.05, 4.69) is 4.98 Å². The standard InChI is InChI=1S/C14H16ClF3N2O2/c1-2-22-13(21)9-4-3-5-20(8-9)12-11(15)6-10(7-19-12)14(16,17)18/h6-7,9H,2-5,8H2,1H3/t9-/m0/s1. The molecule has 122 valence electrons. The van der Waals surface area contributed by atoms with E-state index in [0.29, 0.717) is 26.1 Å². The Balaban J connectivity index is 2.16. The quantitative estimate of drug-likeness (QED) is 0.792. The predicted molar refractivity (Wildman–Crippen MR) is 75.8 cm³/mol. The van der Waals surface area contributed by atoms with Crippen molar-refractivity contribution in [1.82, 2.24) is 4.98 Å². The maximum Gasteiger partial charge on any atom is 0.417 e. The fourth-order valence-electron chi connectivity index (χ4n) is 2.44. The van der Waals surface area contributed by atoms with E-state index in [1.807, 2.05) is 0 Å². The van der Waals surface area contributed by atoms with Crippen LogP contribution >= 0.6 is 11.6 Å². The monoisotopic (exact) mass is 336 g/mol. The molecule has 2 rings (SSSR count). The second-order valence-electron chi connectivity index (χ2n) is 5.06. The molecule has 1 fully saturated rings. The van der Waals surface area contributed by atoms with Gasteiger partial charge in [-0.05, 0) is 25.8 Å². The summed E-state index contributed by atoms with van der Waals surface area (Å²) < 4.78 is 42.9. The molecule has 0 spiro atoms. The number of nitrogens with zero attached hydrogens (tertiary/aromatic N) is 2. The van der Waals surface area contributed by atoms with Crippen molar-refractivity contribution in [3.8, 4) is 0 Å². The number of rotatable bonds is 3. The summed E-state index contributed by atoms with van der Waals surface area (Å²) in [4.78, 5) is 17.4. The van der Waals surface area contributed by atoms with Crippen molar-refractivity contribution in [2.24, 2.45) is 5.92 Å². The average molecular weight is 337 g/mol. The molecule has 4 nitrogen and oxygen atoms in total. The average Bonchev–Trinajstić information content (AvgIpc) is 2.46. The molecule has 0 N–H and O–H groups in total. The Bertz CT molecular complexity index is 551. The summed E-state index contributed by atoms with van der Waals surface area (Å²) in [6.45, 7) is 2.96. The molecular formula is C14H16ClF3N2O2. The minimum Gasteiger partial charge on any atom is -0.466 e. The number of aromatic nitrogens is 1. The summed E-state index contributed by atoms with van der Waals surface area (Å²) in [6.07, 6.45) is -2.31. The lowest BCUT2D eigenvalue weighted by Crippen LogP contribution is -2.40. The third-order valence-corrected chi connectivity index (χ3v) is 3.77. The van der Waals surface area contributed by atoms with Gasteiger partial charge in [0, 0.05) is 19.3 Å². The van der Waals surface area contributed by atoms with E-state index in [1.165, 1.54) is 0 Å². The third-order valence-electron chi connectivity index (χ3n) is 3.49. The second-order valence-corrected chi connectivity index (χ2v) is 5.47. The summed E-state index contributed by atoms with van der Waals surface area (Å²) >= 11 is 5.94. The van der Waals surface area contributed by atoms with E-state index >= 15 is 0 Å². The topological polar surface area (TPSA) is 42.4 Å². The van der Waals surface area contributed by atoms with Crippen LogP contribution in [0.3, 0.4) is 0 Å². The van der Waals surface area contributed by atoms with E-state index in [4.69, 9.17) is 16.3 Å². The molecule has 0 bridgehead atoms. The van der Waals surface area contributed by atoms with E-state index in [1.54, 1.807) is 11.8 Å². The van der Waals surface area contributed by atoms with Crippen LogP contribution in [0.25, 0.3) is 0 Å². The van der Waals surface area contributed by atoms with Crippen molar-refractivity contribution in [3.63, 3.8) is 0 Å². The number of piperidine rings is 1. The normalized spacial score (nSPS) is 19.1. The van der Waals surface area contributed by atoms with Gasteiger partial charge >= 0.3 is 12.1 Å². The van der Waals surface area contributed by atoms with Gasteiger partial charge in [0.1, 0.15) is 5.82 Å². The molecule has 0 radical (unpaired) electrons.